The van der Waals surface area contributed by atoms with Gasteiger partial charge in [-0.25, -0.2) is 9.78 Å². The average Bonchev–Trinajstić information content (AvgIpc) is 1.73. The quantitative estimate of drug-likeness (QED) is 0.0375. The van der Waals surface area contributed by atoms with Gasteiger partial charge in [-0.05, 0) is 114 Å². The summed E-state index contributed by atoms with van der Waals surface area (Å²) in [5, 5.41) is 50.8. The molecule has 5 rings (SSSR count). The fourth-order valence-electron chi connectivity index (χ4n) is 12.9. The van der Waals surface area contributed by atoms with E-state index in [1.807, 2.05) is 41.5 Å². The SMILES string of the molecule is CC(C)C[C@H](NC(=O)[C@@H](NC(=O)[C@@H]1CCCN1C(=O)[C@@H](NC(=O)[C@@H]1CCCN1C(=O)[C@H](CC(C)C)NC(=O)[C@@H]1CCCN1C(=O)[C@@H](N)Cc1cnc[nH]1)[C@@H](C)O)C(C)C)C(=O)N[C@@H](CC(C)C)C(=O)N1CCC[C@H]1C(=O)N[C@@H](C)C(=O)N[C@H](C(=O)N[C@@H](CC(=O)O)C(=O)O)C(C)C. The van der Waals surface area contributed by atoms with Crippen LogP contribution in [0.5, 0.6) is 0 Å². The fourth-order valence-corrected chi connectivity index (χ4v) is 12.9. The molecule has 4 aliphatic rings. The highest BCUT2D eigenvalue weighted by Crippen LogP contribution is 2.26. The van der Waals surface area contributed by atoms with Gasteiger partial charge in [0.2, 0.25) is 70.9 Å². The van der Waals surface area contributed by atoms with E-state index in [9.17, 15) is 77.3 Å². The molecular formula is C65H105N15O17. The highest BCUT2D eigenvalue weighted by Gasteiger charge is 2.46. The lowest BCUT2D eigenvalue weighted by Gasteiger charge is -2.34. The van der Waals surface area contributed by atoms with Gasteiger partial charge in [-0.1, -0.05) is 69.2 Å². The molecule has 12 amide bonds. The first-order chi connectivity index (χ1) is 45.5. The highest BCUT2D eigenvalue weighted by molar-refractivity contribution is 6.00. The second kappa shape index (κ2) is 36.3. The molecule has 32 nitrogen and oxygen atoms in total. The number of carboxylic acid groups (broad SMARTS) is 2. The normalized spacial score (nSPS) is 21.0. The minimum Gasteiger partial charge on any atom is -0.481 e. The second-order valence-corrected chi connectivity index (χ2v) is 28.1. The van der Waals surface area contributed by atoms with Crippen LogP contribution in [0.2, 0.25) is 0 Å². The van der Waals surface area contributed by atoms with Crippen LogP contribution in [0.25, 0.3) is 0 Å². The Morgan fingerprint density at radius 1 is 0.474 bits per heavy atom. The fraction of sp³-hybridized carbons (Fsp3) is 0.738. The van der Waals surface area contributed by atoms with Gasteiger partial charge in [0.15, 0.2) is 0 Å². The number of aliphatic hydroxyl groups excluding tert-OH is 1. The van der Waals surface area contributed by atoms with E-state index in [0.717, 1.165) is 0 Å². The largest absolute Gasteiger partial charge is 0.481 e. The molecule has 4 aliphatic heterocycles. The summed E-state index contributed by atoms with van der Waals surface area (Å²) >= 11 is 0. The Morgan fingerprint density at radius 3 is 1.27 bits per heavy atom. The predicted octanol–water partition coefficient (Wildman–Crippen LogP) is -1.47. The van der Waals surface area contributed by atoms with Gasteiger partial charge >= 0.3 is 11.9 Å². The Labute approximate surface area is 566 Å². The molecule has 32 heteroatoms. The number of nitrogens with one attached hydrogen (secondary N) is 9. The Kier molecular flexibility index (Phi) is 29.7. The van der Waals surface area contributed by atoms with E-state index in [1.54, 1.807) is 33.9 Å². The second-order valence-electron chi connectivity index (χ2n) is 28.1. The van der Waals surface area contributed by atoms with E-state index in [2.05, 4.69) is 52.5 Å². The standard InChI is InChI=1S/C65H105N15O17/c1-32(2)25-41(54(85)71-42(26-33(3)4)62(93)78-22-14-17-45(78)55(86)69-37(11)53(84)74-50(35(7)8)60(91)73-44(65(96)97)29-49(82)83)70-59(90)51(36(9)10)75-57(88)48-20-16-24-80(48)64(95)52(38(12)81)76-58(89)47-19-15-23-79(47)63(94)43(27-34(5)6)72-56(87)46-18-13-21-77(46)61(92)40(66)28-39-30-67-31-68-39/h30-38,40-48,50-52,81H,13-29,66H2,1-12H3,(H,67,68)(H,69,86)(H,70,90)(H,71,85)(H,72,87)(H,73,91)(H,74,84)(H,75,88)(H,76,89)(H,82,83)(H,96,97)/t37-,38+,40-,41-,42-,43-,44-,45-,46-,47-,48-,50-,51-,52-/m0/s1. The van der Waals surface area contributed by atoms with Crippen LogP contribution in [0.4, 0.5) is 0 Å². The van der Waals surface area contributed by atoms with E-state index in [4.69, 9.17) is 10.8 Å². The number of nitrogens with zero attached hydrogens (tertiary/aromatic N) is 5. The first-order valence-electron chi connectivity index (χ1n) is 34.0. The summed E-state index contributed by atoms with van der Waals surface area (Å²) in [6.45, 7) is 20.7. The van der Waals surface area contributed by atoms with Crippen LogP contribution in [-0.2, 0) is 73.5 Å². The molecule has 4 saturated heterocycles. The third-order valence-electron chi connectivity index (χ3n) is 17.9. The Hall–Kier alpha value is -8.29. The minimum absolute atomic E-state index is 0.0462. The first kappa shape index (κ1) is 79.4. The van der Waals surface area contributed by atoms with Crippen molar-refractivity contribution in [3.8, 4) is 0 Å². The van der Waals surface area contributed by atoms with E-state index < -0.39 is 186 Å². The maximum absolute atomic E-state index is 14.5. The number of H-pyrrole nitrogens is 1. The molecular weight excluding hydrogens is 1260 g/mol. The van der Waals surface area contributed by atoms with Crippen LogP contribution in [0.3, 0.4) is 0 Å². The number of carboxylic acids is 2. The van der Waals surface area contributed by atoms with Gasteiger partial charge in [0.1, 0.15) is 72.5 Å². The van der Waals surface area contributed by atoms with Gasteiger partial charge in [0.05, 0.1) is 24.9 Å². The highest BCUT2D eigenvalue weighted by atomic mass is 16.4. The molecule has 14 atom stereocenters. The van der Waals surface area contributed by atoms with Crippen molar-refractivity contribution in [2.45, 2.75) is 251 Å². The zero-order chi connectivity index (χ0) is 72.4. The number of aliphatic hydroxyl groups is 1. The number of amides is 12. The zero-order valence-corrected chi connectivity index (χ0v) is 58.0. The van der Waals surface area contributed by atoms with Crippen molar-refractivity contribution in [1.29, 1.82) is 0 Å². The number of aliphatic carboxylic acids is 2. The van der Waals surface area contributed by atoms with Crippen molar-refractivity contribution in [3.63, 3.8) is 0 Å². The molecule has 542 valence electrons. The maximum Gasteiger partial charge on any atom is 0.326 e. The Bertz CT molecular complexity index is 2980. The average molecular weight is 1370 g/mol. The van der Waals surface area contributed by atoms with Crippen molar-refractivity contribution >= 4 is 82.8 Å². The molecule has 0 unspecified atom stereocenters. The lowest BCUT2D eigenvalue weighted by Crippen LogP contribution is -2.62. The van der Waals surface area contributed by atoms with Crippen LogP contribution in [0, 0.1) is 29.6 Å². The zero-order valence-electron chi connectivity index (χ0n) is 58.0. The molecule has 0 radical (unpaired) electrons. The third kappa shape index (κ3) is 22.1. The number of rotatable bonds is 34. The molecule has 97 heavy (non-hydrogen) atoms. The van der Waals surface area contributed by atoms with E-state index in [1.165, 1.54) is 39.8 Å². The van der Waals surface area contributed by atoms with Crippen LogP contribution < -0.4 is 48.3 Å². The lowest BCUT2D eigenvalue weighted by molar-refractivity contribution is -0.147. The summed E-state index contributed by atoms with van der Waals surface area (Å²) < 4.78 is 0. The summed E-state index contributed by atoms with van der Waals surface area (Å²) in [6.07, 6.45) is 3.75. The number of likely N-dealkylation sites (tertiary alicyclic amines) is 4. The molecule has 5 heterocycles. The lowest BCUT2D eigenvalue weighted by atomic mass is 9.98. The molecule has 4 fully saturated rings. The summed E-state index contributed by atoms with van der Waals surface area (Å²) in [7, 11) is 0. The Balaban J connectivity index is 1.22. The number of carbonyl (C=O) groups excluding carboxylic acids is 12. The summed E-state index contributed by atoms with van der Waals surface area (Å²) in [5.74, 6) is -13.0. The summed E-state index contributed by atoms with van der Waals surface area (Å²) in [5.41, 5.74) is 6.94. The predicted molar refractivity (Wildman–Crippen MR) is 350 cm³/mol. The van der Waals surface area contributed by atoms with Gasteiger partial charge in [-0.3, -0.25) is 62.3 Å². The molecule has 1 aromatic heterocycles. The van der Waals surface area contributed by atoms with Crippen LogP contribution >= 0.6 is 0 Å². The van der Waals surface area contributed by atoms with Crippen molar-refractivity contribution in [2.24, 2.45) is 35.3 Å². The number of nitrogens with two attached hydrogens (primary N) is 1. The van der Waals surface area contributed by atoms with Crippen LogP contribution in [0.1, 0.15) is 166 Å². The Morgan fingerprint density at radius 2 is 0.856 bits per heavy atom. The smallest absolute Gasteiger partial charge is 0.326 e. The first-order valence-corrected chi connectivity index (χ1v) is 34.0. The molecule has 14 N–H and O–H groups in total. The number of aromatic amines is 1. The summed E-state index contributed by atoms with van der Waals surface area (Å²) in [6, 6.07) is -16.0. The molecule has 1 aromatic rings. The molecule has 0 saturated carbocycles. The number of carbonyl (C=O) groups is 14. The van der Waals surface area contributed by atoms with Crippen molar-refractivity contribution in [1.82, 2.24) is 72.1 Å². The van der Waals surface area contributed by atoms with Crippen LogP contribution in [-0.4, -0.2) is 239 Å². The molecule has 0 spiro atoms. The van der Waals surface area contributed by atoms with Crippen molar-refractivity contribution in [3.05, 3.63) is 18.2 Å². The molecule has 0 aliphatic carbocycles. The molecule has 0 bridgehead atoms. The van der Waals surface area contributed by atoms with Crippen molar-refractivity contribution < 1.29 is 82.4 Å². The van der Waals surface area contributed by atoms with Crippen molar-refractivity contribution in [2.75, 3.05) is 26.2 Å². The molecule has 0 aromatic carbocycles. The van der Waals surface area contributed by atoms with Crippen LogP contribution in [0.15, 0.2) is 12.5 Å². The van der Waals surface area contributed by atoms with Gasteiger partial charge in [0, 0.05) is 44.5 Å². The topological polar surface area (TPSA) is 464 Å². The van der Waals surface area contributed by atoms with Gasteiger partial charge in [-0.2, -0.15) is 0 Å². The number of aromatic nitrogens is 2. The third-order valence-corrected chi connectivity index (χ3v) is 17.9. The monoisotopic (exact) mass is 1370 g/mol. The van der Waals surface area contributed by atoms with E-state index in [-0.39, 0.29) is 82.3 Å². The van der Waals surface area contributed by atoms with E-state index >= 15 is 0 Å². The van der Waals surface area contributed by atoms with Gasteiger partial charge in [0.25, 0.3) is 0 Å². The number of hydrogen-bond acceptors (Lipinski definition) is 17. The minimum atomic E-state index is -1.78. The number of imidazole rings is 1. The van der Waals surface area contributed by atoms with Gasteiger partial charge < -0.3 is 88.2 Å². The maximum atomic E-state index is 14.5. The number of hydrogen-bond donors (Lipinski definition) is 13. The summed E-state index contributed by atoms with van der Waals surface area (Å²) in [4.78, 5) is 204. The van der Waals surface area contributed by atoms with E-state index in [0.29, 0.717) is 44.3 Å². The van der Waals surface area contributed by atoms with Gasteiger partial charge in [-0.15, -0.1) is 0 Å².